The van der Waals surface area contributed by atoms with Gasteiger partial charge in [0.25, 0.3) is 0 Å². The molecule has 1 aliphatic carbocycles. The SMILES string of the molecule is CCC(NO)C(C)C(C)CNCCCCCOCC1CC(C)CC1CC(C)C. The Morgan fingerprint density at radius 2 is 1.75 bits per heavy atom. The second-order valence-corrected chi connectivity index (χ2v) is 10.0. The Morgan fingerprint density at radius 1 is 1.04 bits per heavy atom. The second kappa shape index (κ2) is 14.8. The third kappa shape index (κ3) is 10.0. The molecule has 0 aliphatic heterocycles. The summed E-state index contributed by atoms with van der Waals surface area (Å²) < 4.78 is 6.05. The van der Waals surface area contributed by atoms with E-state index in [0.717, 1.165) is 56.4 Å². The van der Waals surface area contributed by atoms with Gasteiger partial charge in [-0.15, -0.1) is 0 Å². The zero-order chi connectivity index (χ0) is 20.9. The van der Waals surface area contributed by atoms with E-state index >= 15 is 0 Å². The molecule has 168 valence electrons. The summed E-state index contributed by atoms with van der Waals surface area (Å²) in [5.41, 5.74) is 2.46. The summed E-state index contributed by atoms with van der Waals surface area (Å²) in [4.78, 5) is 0. The van der Waals surface area contributed by atoms with E-state index in [1.165, 1.54) is 38.5 Å². The number of hydrogen-bond donors (Lipinski definition) is 3. The molecule has 3 N–H and O–H groups in total. The fourth-order valence-corrected chi connectivity index (χ4v) is 4.97. The maximum absolute atomic E-state index is 9.21. The van der Waals surface area contributed by atoms with Crippen LogP contribution >= 0.6 is 0 Å². The largest absolute Gasteiger partial charge is 0.381 e. The summed E-state index contributed by atoms with van der Waals surface area (Å²) in [5.74, 6) is 4.40. The molecule has 0 aromatic rings. The first-order valence-corrected chi connectivity index (χ1v) is 12.1. The summed E-state index contributed by atoms with van der Waals surface area (Å²) in [6, 6.07) is 0.192. The van der Waals surface area contributed by atoms with Crippen molar-refractivity contribution < 1.29 is 9.94 Å². The van der Waals surface area contributed by atoms with Crippen LogP contribution in [0.5, 0.6) is 0 Å². The predicted molar refractivity (Wildman–Crippen MR) is 120 cm³/mol. The minimum Gasteiger partial charge on any atom is -0.381 e. The van der Waals surface area contributed by atoms with Crippen LogP contribution in [0.2, 0.25) is 0 Å². The lowest BCUT2D eigenvalue weighted by Gasteiger charge is -2.27. The first-order valence-electron chi connectivity index (χ1n) is 12.1. The van der Waals surface area contributed by atoms with Gasteiger partial charge in [-0.2, -0.15) is 0 Å². The van der Waals surface area contributed by atoms with Crippen LogP contribution in [-0.2, 0) is 4.74 Å². The molecule has 0 spiro atoms. The lowest BCUT2D eigenvalue weighted by atomic mass is 9.88. The number of rotatable bonds is 16. The number of unbranched alkanes of at least 4 members (excludes halogenated alkanes) is 2. The normalized spacial score (nSPS) is 25.9. The van der Waals surface area contributed by atoms with Crippen LogP contribution in [0.15, 0.2) is 0 Å². The monoisotopic (exact) mass is 398 g/mol. The molecule has 0 heterocycles. The third-order valence-corrected chi connectivity index (χ3v) is 6.93. The second-order valence-electron chi connectivity index (χ2n) is 10.0. The summed E-state index contributed by atoms with van der Waals surface area (Å²) in [6.45, 7) is 17.7. The van der Waals surface area contributed by atoms with E-state index < -0.39 is 0 Å². The van der Waals surface area contributed by atoms with Crippen LogP contribution in [0.25, 0.3) is 0 Å². The molecule has 0 radical (unpaired) electrons. The van der Waals surface area contributed by atoms with Crippen LogP contribution in [0, 0.1) is 35.5 Å². The van der Waals surface area contributed by atoms with Gasteiger partial charge in [-0.1, -0.05) is 41.5 Å². The minimum atomic E-state index is 0.192. The fraction of sp³-hybridized carbons (Fsp3) is 1.00. The molecule has 6 atom stereocenters. The highest BCUT2D eigenvalue weighted by Gasteiger charge is 2.32. The van der Waals surface area contributed by atoms with Crippen molar-refractivity contribution in [2.75, 3.05) is 26.3 Å². The average Bonchev–Trinajstić information content (AvgIpc) is 2.99. The Hall–Kier alpha value is -0.160. The highest BCUT2D eigenvalue weighted by atomic mass is 16.5. The fourth-order valence-electron chi connectivity index (χ4n) is 4.97. The molecule has 0 bridgehead atoms. The van der Waals surface area contributed by atoms with E-state index in [2.05, 4.69) is 52.3 Å². The maximum atomic E-state index is 9.21. The lowest BCUT2D eigenvalue weighted by molar-refractivity contribution is 0.0784. The average molecular weight is 399 g/mol. The Balaban J connectivity index is 2.02. The summed E-state index contributed by atoms with van der Waals surface area (Å²) in [5, 5.41) is 12.8. The van der Waals surface area contributed by atoms with Crippen molar-refractivity contribution in [2.45, 2.75) is 92.5 Å². The van der Waals surface area contributed by atoms with Crippen molar-refractivity contribution in [2.24, 2.45) is 35.5 Å². The summed E-state index contributed by atoms with van der Waals surface area (Å²) >= 11 is 0. The van der Waals surface area contributed by atoms with E-state index in [1.807, 2.05) is 0 Å². The molecule has 1 rings (SSSR count). The standard InChI is InChI=1S/C24H50N2O2/c1-7-24(26-27)21(6)20(5)16-25-11-9-8-10-12-28-17-23-15-19(4)14-22(23)13-18(2)3/h18-27H,7-17H2,1-6H3. The Labute approximate surface area is 175 Å². The molecule has 0 amide bonds. The van der Waals surface area contributed by atoms with Crippen molar-refractivity contribution >= 4 is 0 Å². The highest BCUT2D eigenvalue weighted by molar-refractivity contribution is 4.82. The molecule has 0 saturated heterocycles. The van der Waals surface area contributed by atoms with Crippen LogP contribution in [0.4, 0.5) is 0 Å². The van der Waals surface area contributed by atoms with Gasteiger partial charge in [0, 0.05) is 19.3 Å². The van der Waals surface area contributed by atoms with E-state index in [4.69, 9.17) is 4.74 Å². The van der Waals surface area contributed by atoms with Gasteiger partial charge in [-0.3, -0.25) is 0 Å². The van der Waals surface area contributed by atoms with Gasteiger partial charge in [0.2, 0.25) is 0 Å². The van der Waals surface area contributed by atoms with Crippen LogP contribution in [0.1, 0.15) is 86.5 Å². The Bertz CT molecular complexity index is 374. The van der Waals surface area contributed by atoms with Crippen molar-refractivity contribution in [1.29, 1.82) is 0 Å². The van der Waals surface area contributed by atoms with Gasteiger partial charge in [-0.05, 0) is 93.5 Å². The third-order valence-electron chi connectivity index (χ3n) is 6.93. The quantitative estimate of drug-likeness (QED) is 0.237. The van der Waals surface area contributed by atoms with Gasteiger partial charge in [-0.25, -0.2) is 5.48 Å². The summed E-state index contributed by atoms with van der Waals surface area (Å²) in [6.07, 6.45) is 8.73. The molecule has 4 heteroatoms. The molecular weight excluding hydrogens is 348 g/mol. The van der Waals surface area contributed by atoms with Gasteiger partial charge < -0.3 is 15.3 Å². The predicted octanol–water partition coefficient (Wildman–Crippen LogP) is 5.50. The van der Waals surface area contributed by atoms with Crippen LogP contribution < -0.4 is 10.8 Å². The topological polar surface area (TPSA) is 53.5 Å². The molecule has 4 nitrogen and oxygen atoms in total. The van der Waals surface area contributed by atoms with Crippen molar-refractivity contribution in [3.05, 3.63) is 0 Å². The first kappa shape index (κ1) is 25.9. The molecule has 0 aromatic heterocycles. The van der Waals surface area contributed by atoms with Gasteiger partial charge in [0.05, 0.1) is 0 Å². The molecule has 1 aliphatic rings. The Kier molecular flexibility index (Phi) is 13.6. The molecule has 1 saturated carbocycles. The van der Waals surface area contributed by atoms with Gasteiger partial charge in [0.1, 0.15) is 0 Å². The zero-order valence-electron chi connectivity index (χ0n) is 19.7. The number of ether oxygens (including phenoxy) is 1. The molecule has 28 heavy (non-hydrogen) atoms. The van der Waals surface area contributed by atoms with Crippen molar-refractivity contribution in [3.8, 4) is 0 Å². The number of nitrogens with one attached hydrogen (secondary N) is 2. The van der Waals surface area contributed by atoms with Crippen molar-refractivity contribution in [3.63, 3.8) is 0 Å². The summed E-state index contributed by atoms with van der Waals surface area (Å²) in [7, 11) is 0. The van der Waals surface area contributed by atoms with Crippen molar-refractivity contribution in [1.82, 2.24) is 10.8 Å². The molecule has 1 fully saturated rings. The molecule has 6 unspecified atom stereocenters. The maximum Gasteiger partial charge on any atom is 0.0497 e. The molecule has 0 aromatic carbocycles. The minimum absolute atomic E-state index is 0.192. The van der Waals surface area contributed by atoms with Crippen LogP contribution in [-0.4, -0.2) is 37.6 Å². The van der Waals surface area contributed by atoms with E-state index in [0.29, 0.717) is 11.8 Å². The van der Waals surface area contributed by atoms with Crippen LogP contribution in [0.3, 0.4) is 0 Å². The Morgan fingerprint density at radius 3 is 2.39 bits per heavy atom. The highest BCUT2D eigenvalue weighted by Crippen LogP contribution is 2.39. The lowest BCUT2D eigenvalue weighted by Crippen LogP contribution is -2.38. The first-order chi connectivity index (χ1) is 13.4. The molecular formula is C24H50N2O2. The number of hydroxylamine groups is 1. The van der Waals surface area contributed by atoms with Gasteiger partial charge in [0.15, 0.2) is 0 Å². The zero-order valence-corrected chi connectivity index (χ0v) is 19.7. The number of hydrogen-bond acceptors (Lipinski definition) is 4. The van der Waals surface area contributed by atoms with E-state index in [9.17, 15) is 5.21 Å². The smallest absolute Gasteiger partial charge is 0.0497 e. The van der Waals surface area contributed by atoms with E-state index in [-0.39, 0.29) is 6.04 Å². The van der Waals surface area contributed by atoms with E-state index in [1.54, 1.807) is 0 Å². The van der Waals surface area contributed by atoms with Gasteiger partial charge >= 0.3 is 0 Å².